The average Bonchev–Trinajstić information content (AvgIpc) is 2.78. The molecule has 0 aliphatic heterocycles. The van der Waals surface area contributed by atoms with E-state index in [-0.39, 0.29) is 17.1 Å². The Hall–Kier alpha value is -1.13. The van der Waals surface area contributed by atoms with Crippen molar-refractivity contribution in [2.75, 3.05) is 13.6 Å². The van der Waals surface area contributed by atoms with Crippen LogP contribution in [0.15, 0.2) is 18.2 Å². The lowest BCUT2D eigenvalue weighted by molar-refractivity contribution is 0.0155. The highest BCUT2D eigenvalue weighted by Gasteiger charge is 2.34. The van der Waals surface area contributed by atoms with Gasteiger partial charge in [-0.1, -0.05) is 30.5 Å². The number of carbonyl (C=O) groups excluding carboxylic acids is 1. The van der Waals surface area contributed by atoms with E-state index in [0.29, 0.717) is 12.8 Å². The molecule has 1 aliphatic rings. The van der Waals surface area contributed by atoms with E-state index in [2.05, 4.69) is 0 Å². The van der Waals surface area contributed by atoms with Crippen LogP contribution in [0.3, 0.4) is 0 Å². The third-order valence-electron chi connectivity index (χ3n) is 3.59. The predicted molar refractivity (Wildman–Crippen MR) is 71.8 cm³/mol. The van der Waals surface area contributed by atoms with Gasteiger partial charge < -0.3 is 10.0 Å². The molecule has 0 atom stereocenters. The van der Waals surface area contributed by atoms with Crippen LogP contribution in [0.5, 0.6) is 0 Å². The van der Waals surface area contributed by atoms with E-state index in [4.69, 9.17) is 11.6 Å². The van der Waals surface area contributed by atoms with Crippen molar-refractivity contribution < 1.29 is 14.3 Å². The van der Waals surface area contributed by atoms with Crippen LogP contribution < -0.4 is 0 Å². The first-order valence-corrected chi connectivity index (χ1v) is 6.73. The monoisotopic (exact) mass is 285 g/mol. The predicted octanol–water partition coefficient (Wildman–Crippen LogP) is 2.86. The number of carbonyl (C=O) groups is 1. The van der Waals surface area contributed by atoms with Crippen LogP contribution in [0.2, 0.25) is 5.02 Å². The summed E-state index contributed by atoms with van der Waals surface area (Å²) >= 11 is 5.67. The van der Waals surface area contributed by atoms with Gasteiger partial charge in [0.05, 0.1) is 16.2 Å². The van der Waals surface area contributed by atoms with Gasteiger partial charge in [0.2, 0.25) is 0 Å². The molecule has 1 fully saturated rings. The standard InChI is InChI=1S/C14H17ClFNO2/c1-17(9-14(19)7-2-3-8-14)13(18)10-5-4-6-11(15)12(10)16/h4-6,19H,2-3,7-9H2,1H3. The zero-order valence-corrected chi connectivity index (χ0v) is 11.6. The molecule has 1 amide bonds. The highest BCUT2D eigenvalue weighted by Crippen LogP contribution is 2.30. The van der Waals surface area contributed by atoms with E-state index in [1.807, 2.05) is 0 Å². The summed E-state index contributed by atoms with van der Waals surface area (Å²) in [5.41, 5.74) is -0.893. The van der Waals surface area contributed by atoms with Crippen molar-refractivity contribution in [1.82, 2.24) is 4.90 Å². The molecule has 1 aromatic rings. The lowest BCUT2D eigenvalue weighted by atomic mass is 10.0. The van der Waals surface area contributed by atoms with Gasteiger partial charge in [-0.3, -0.25) is 4.79 Å². The summed E-state index contributed by atoms with van der Waals surface area (Å²) in [6.07, 6.45) is 3.29. The zero-order chi connectivity index (χ0) is 14.0. The molecule has 3 nitrogen and oxygen atoms in total. The molecule has 1 saturated carbocycles. The molecule has 0 unspecified atom stereocenters. The van der Waals surface area contributed by atoms with E-state index in [1.54, 1.807) is 7.05 Å². The van der Waals surface area contributed by atoms with Crippen LogP contribution in [-0.2, 0) is 0 Å². The first-order chi connectivity index (χ1) is 8.93. The average molecular weight is 286 g/mol. The summed E-state index contributed by atoms with van der Waals surface area (Å²) in [7, 11) is 1.57. The van der Waals surface area contributed by atoms with E-state index in [1.165, 1.54) is 23.1 Å². The number of hydrogen-bond donors (Lipinski definition) is 1. The number of benzene rings is 1. The largest absolute Gasteiger partial charge is 0.388 e. The molecule has 1 aliphatic carbocycles. The minimum Gasteiger partial charge on any atom is -0.388 e. The van der Waals surface area contributed by atoms with Crippen molar-refractivity contribution in [2.45, 2.75) is 31.3 Å². The summed E-state index contributed by atoms with van der Waals surface area (Å²) in [4.78, 5) is 13.5. The molecular formula is C14H17ClFNO2. The van der Waals surface area contributed by atoms with Crippen LogP contribution in [0, 0.1) is 5.82 Å². The van der Waals surface area contributed by atoms with Crippen molar-refractivity contribution in [3.05, 3.63) is 34.6 Å². The molecule has 2 rings (SSSR count). The fraction of sp³-hybridized carbons (Fsp3) is 0.500. The van der Waals surface area contributed by atoms with Crippen molar-refractivity contribution in [3.8, 4) is 0 Å². The number of halogens is 2. The molecule has 0 aromatic heterocycles. The van der Waals surface area contributed by atoms with Gasteiger partial charge in [0.25, 0.3) is 5.91 Å². The Morgan fingerprint density at radius 2 is 2.11 bits per heavy atom. The van der Waals surface area contributed by atoms with E-state index in [0.717, 1.165) is 12.8 Å². The second kappa shape index (κ2) is 5.47. The summed E-state index contributed by atoms with van der Waals surface area (Å²) in [6.45, 7) is 0.220. The minimum absolute atomic E-state index is 0.0587. The fourth-order valence-corrected chi connectivity index (χ4v) is 2.75. The van der Waals surface area contributed by atoms with Crippen molar-refractivity contribution >= 4 is 17.5 Å². The van der Waals surface area contributed by atoms with Crippen LogP contribution in [0.25, 0.3) is 0 Å². The van der Waals surface area contributed by atoms with E-state index >= 15 is 0 Å². The quantitative estimate of drug-likeness (QED) is 0.928. The highest BCUT2D eigenvalue weighted by atomic mass is 35.5. The fourth-order valence-electron chi connectivity index (χ4n) is 2.58. The molecular weight excluding hydrogens is 269 g/mol. The van der Waals surface area contributed by atoms with E-state index in [9.17, 15) is 14.3 Å². The Balaban J connectivity index is 2.12. The van der Waals surface area contributed by atoms with Gasteiger partial charge in [-0.15, -0.1) is 0 Å². The lowest BCUT2D eigenvalue weighted by Gasteiger charge is -2.28. The maximum atomic E-state index is 13.8. The number of nitrogens with zero attached hydrogens (tertiary/aromatic N) is 1. The Kier molecular flexibility index (Phi) is 4.11. The number of hydrogen-bond acceptors (Lipinski definition) is 2. The van der Waals surface area contributed by atoms with Crippen molar-refractivity contribution in [2.24, 2.45) is 0 Å². The topological polar surface area (TPSA) is 40.5 Å². The van der Waals surface area contributed by atoms with Gasteiger partial charge >= 0.3 is 0 Å². The van der Waals surface area contributed by atoms with Gasteiger partial charge in [-0.05, 0) is 25.0 Å². The maximum Gasteiger partial charge on any atom is 0.256 e. The molecule has 104 valence electrons. The minimum atomic E-state index is -0.834. The second-order valence-electron chi connectivity index (χ2n) is 5.19. The van der Waals surface area contributed by atoms with Crippen LogP contribution >= 0.6 is 11.6 Å². The van der Waals surface area contributed by atoms with Crippen LogP contribution in [-0.4, -0.2) is 35.1 Å². The van der Waals surface area contributed by atoms with E-state index < -0.39 is 17.3 Å². The normalized spacial score (nSPS) is 17.5. The summed E-state index contributed by atoms with van der Waals surface area (Å²) < 4.78 is 13.8. The maximum absolute atomic E-state index is 13.8. The Morgan fingerprint density at radius 3 is 2.74 bits per heavy atom. The number of rotatable bonds is 3. The highest BCUT2D eigenvalue weighted by molar-refractivity contribution is 6.31. The summed E-state index contributed by atoms with van der Waals surface area (Å²) in [6, 6.07) is 4.34. The first-order valence-electron chi connectivity index (χ1n) is 6.35. The lowest BCUT2D eigenvalue weighted by Crippen LogP contribution is -2.42. The van der Waals surface area contributed by atoms with Gasteiger partial charge in [0.15, 0.2) is 5.82 Å². The first kappa shape index (κ1) is 14.3. The Labute approximate surface area is 117 Å². The second-order valence-corrected chi connectivity index (χ2v) is 5.60. The molecule has 0 radical (unpaired) electrons. The zero-order valence-electron chi connectivity index (χ0n) is 10.8. The summed E-state index contributed by atoms with van der Waals surface area (Å²) in [5.74, 6) is -1.17. The van der Waals surface area contributed by atoms with Gasteiger partial charge in [0.1, 0.15) is 0 Å². The Bertz CT molecular complexity index is 486. The van der Waals surface area contributed by atoms with Gasteiger partial charge in [0, 0.05) is 13.6 Å². The molecule has 0 spiro atoms. The van der Waals surface area contributed by atoms with Crippen LogP contribution in [0.4, 0.5) is 4.39 Å². The van der Waals surface area contributed by atoms with Crippen LogP contribution in [0.1, 0.15) is 36.0 Å². The molecule has 19 heavy (non-hydrogen) atoms. The van der Waals surface area contributed by atoms with Crippen molar-refractivity contribution in [1.29, 1.82) is 0 Å². The van der Waals surface area contributed by atoms with Gasteiger partial charge in [-0.2, -0.15) is 0 Å². The van der Waals surface area contributed by atoms with Gasteiger partial charge in [-0.25, -0.2) is 4.39 Å². The number of aliphatic hydroxyl groups is 1. The number of amides is 1. The van der Waals surface area contributed by atoms with Crippen molar-refractivity contribution in [3.63, 3.8) is 0 Å². The third-order valence-corrected chi connectivity index (χ3v) is 3.89. The SMILES string of the molecule is CN(CC1(O)CCCC1)C(=O)c1cccc(Cl)c1F. The molecule has 0 heterocycles. The third kappa shape index (κ3) is 3.07. The number of likely N-dealkylation sites (N-methyl/N-ethyl adjacent to an activating group) is 1. The molecule has 0 saturated heterocycles. The molecule has 1 aromatic carbocycles. The molecule has 1 N–H and O–H groups in total. The molecule has 0 bridgehead atoms. The Morgan fingerprint density at radius 1 is 1.47 bits per heavy atom. The smallest absolute Gasteiger partial charge is 0.256 e. The molecule has 5 heteroatoms. The summed E-state index contributed by atoms with van der Waals surface area (Å²) in [5, 5.41) is 10.2.